The Bertz CT molecular complexity index is 2910. The van der Waals surface area contributed by atoms with Gasteiger partial charge in [0.25, 0.3) is 0 Å². The molecule has 0 atom stereocenters. The van der Waals surface area contributed by atoms with Gasteiger partial charge in [0, 0.05) is 38.2 Å². The molecule has 0 aliphatic rings. The van der Waals surface area contributed by atoms with Gasteiger partial charge in [-0.15, -0.1) is 0 Å². The third-order valence-corrected chi connectivity index (χ3v) is 9.61. The Morgan fingerprint density at radius 2 is 0.837 bits per heavy atom. The van der Waals surface area contributed by atoms with Crippen LogP contribution in [0, 0.1) is 0 Å². The van der Waals surface area contributed by atoms with Gasteiger partial charge < -0.3 is 4.57 Å². The largest absolute Gasteiger partial charge is 0.309 e. The molecule has 0 N–H and O–H groups in total. The van der Waals surface area contributed by atoms with Crippen LogP contribution in [-0.4, -0.2) is 19.5 Å². The maximum Gasteiger partial charge on any atom is 0.164 e. The molecule has 4 nitrogen and oxygen atoms in total. The lowest BCUT2D eigenvalue weighted by Gasteiger charge is -2.11. The van der Waals surface area contributed by atoms with Gasteiger partial charge in [-0.25, -0.2) is 15.0 Å². The maximum atomic E-state index is 5.19. The van der Waals surface area contributed by atoms with Gasteiger partial charge in [0.2, 0.25) is 0 Å². The maximum absolute atomic E-state index is 5.19. The molecule has 0 aliphatic heterocycles. The topological polar surface area (TPSA) is 43.6 Å². The second-order valence-electron chi connectivity index (χ2n) is 12.4. The number of fused-ring (bicyclic) bond motifs is 14. The predicted molar refractivity (Wildman–Crippen MR) is 204 cm³/mol. The summed E-state index contributed by atoms with van der Waals surface area (Å²) in [5, 5.41) is 8.79. The summed E-state index contributed by atoms with van der Waals surface area (Å²) in [5.41, 5.74) is 8.04. The van der Waals surface area contributed by atoms with Crippen molar-refractivity contribution >= 4 is 65.4 Å². The number of benzene rings is 7. The van der Waals surface area contributed by atoms with E-state index in [1.165, 1.54) is 21.9 Å². The monoisotopic (exact) mass is 624 g/mol. The molecule has 0 spiro atoms. The average Bonchev–Trinajstić information content (AvgIpc) is 3.52. The van der Waals surface area contributed by atoms with E-state index in [0.717, 1.165) is 54.6 Å². The lowest BCUT2D eigenvalue weighted by molar-refractivity contribution is 1.18. The van der Waals surface area contributed by atoms with Crippen molar-refractivity contribution in [3.8, 4) is 28.2 Å². The Balaban J connectivity index is 1.38. The first kappa shape index (κ1) is 27.5. The summed E-state index contributed by atoms with van der Waals surface area (Å²) < 4.78 is 2.40. The quantitative estimate of drug-likeness (QED) is 0.196. The van der Waals surface area contributed by atoms with Crippen LogP contribution in [-0.2, 0) is 0 Å². The summed E-state index contributed by atoms with van der Waals surface area (Å²) in [6, 6.07) is 60.0. The number of para-hydroxylation sites is 2. The van der Waals surface area contributed by atoms with E-state index in [9.17, 15) is 0 Å². The van der Waals surface area contributed by atoms with Gasteiger partial charge in [-0.05, 0) is 57.6 Å². The fourth-order valence-electron chi connectivity index (χ4n) is 7.33. The third-order valence-electron chi connectivity index (χ3n) is 9.61. The van der Waals surface area contributed by atoms with Crippen molar-refractivity contribution in [1.82, 2.24) is 19.5 Å². The zero-order valence-electron chi connectivity index (χ0n) is 26.5. The lowest BCUT2D eigenvalue weighted by Crippen LogP contribution is -1.96. The molecule has 10 rings (SSSR count). The van der Waals surface area contributed by atoms with Crippen LogP contribution in [0.4, 0.5) is 0 Å². The van der Waals surface area contributed by atoms with Gasteiger partial charge in [-0.2, -0.15) is 0 Å². The van der Waals surface area contributed by atoms with E-state index in [-0.39, 0.29) is 0 Å². The van der Waals surface area contributed by atoms with E-state index in [2.05, 4.69) is 168 Å². The highest BCUT2D eigenvalue weighted by Crippen LogP contribution is 2.39. The van der Waals surface area contributed by atoms with Crippen molar-refractivity contribution in [2.45, 2.75) is 0 Å². The van der Waals surface area contributed by atoms with Gasteiger partial charge in [-0.3, -0.25) is 0 Å². The molecule has 0 saturated heterocycles. The van der Waals surface area contributed by atoms with Gasteiger partial charge in [0.1, 0.15) is 0 Å². The number of nitrogens with zero attached hydrogens (tertiary/aromatic N) is 4. The Labute approximate surface area is 282 Å². The van der Waals surface area contributed by atoms with Crippen LogP contribution in [0.3, 0.4) is 0 Å². The number of aromatic nitrogens is 4. The van der Waals surface area contributed by atoms with Crippen molar-refractivity contribution in [2.75, 3.05) is 0 Å². The molecule has 10 aromatic rings. The summed E-state index contributed by atoms with van der Waals surface area (Å²) >= 11 is 0. The standard InChI is InChI=1S/C45H28N4/c1-3-13-29(14-4-1)30-23-25-31(26-24-30)43-46-44-37-20-9-7-17-34(37)32-27-39(35-18-8-10-21-38(35)45(47-43)48-44)42-40(28-32)36-19-11-12-22-41(36)49(42)33-15-5-2-6-16-33/h1-28H. The summed E-state index contributed by atoms with van der Waals surface area (Å²) in [6.45, 7) is 0. The third kappa shape index (κ3) is 4.42. The Morgan fingerprint density at radius 1 is 0.347 bits per heavy atom. The van der Waals surface area contributed by atoms with Crippen molar-refractivity contribution in [1.29, 1.82) is 0 Å². The van der Waals surface area contributed by atoms with Gasteiger partial charge in [0.05, 0.1) is 11.0 Å². The summed E-state index contributed by atoms with van der Waals surface area (Å²) in [6.07, 6.45) is 0. The first-order valence-electron chi connectivity index (χ1n) is 16.5. The molecule has 4 heteroatoms. The van der Waals surface area contributed by atoms with Crippen LogP contribution in [0.5, 0.6) is 0 Å². The first-order valence-corrected chi connectivity index (χ1v) is 16.5. The average molecular weight is 625 g/mol. The minimum atomic E-state index is 0.650. The molecule has 0 fully saturated rings. The van der Waals surface area contributed by atoms with Crippen LogP contribution in [0.2, 0.25) is 0 Å². The van der Waals surface area contributed by atoms with Crippen LogP contribution in [0.15, 0.2) is 170 Å². The molecule has 0 saturated carbocycles. The number of hydrogen-bond acceptors (Lipinski definition) is 3. The second kappa shape index (κ2) is 11.0. The fraction of sp³-hybridized carbons (Fsp3) is 0. The number of hydrogen-bond donors (Lipinski definition) is 0. The number of rotatable bonds is 3. The highest BCUT2D eigenvalue weighted by molar-refractivity contribution is 6.24. The van der Waals surface area contributed by atoms with Gasteiger partial charge in [-0.1, -0.05) is 140 Å². The molecule has 4 bridgehead atoms. The van der Waals surface area contributed by atoms with Crippen molar-refractivity contribution in [3.05, 3.63) is 170 Å². The zero-order chi connectivity index (χ0) is 32.3. The van der Waals surface area contributed by atoms with E-state index < -0.39 is 0 Å². The Morgan fingerprint density at radius 3 is 1.53 bits per heavy atom. The molecule has 3 heterocycles. The molecular formula is C45H28N4. The van der Waals surface area contributed by atoms with Gasteiger partial charge >= 0.3 is 0 Å². The summed E-state index contributed by atoms with van der Waals surface area (Å²) in [4.78, 5) is 15.5. The molecule has 228 valence electrons. The van der Waals surface area contributed by atoms with E-state index in [0.29, 0.717) is 17.1 Å². The second-order valence-corrected chi connectivity index (χ2v) is 12.4. The smallest absolute Gasteiger partial charge is 0.164 e. The van der Waals surface area contributed by atoms with E-state index >= 15 is 0 Å². The van der Waals surface area contributed by atoms with E-state index in [4.69, 9.17) is 15.0 Å². The minimum absolute atomic E-state index is 0.650. The van der Waals surface area contributed by atoms with E-state index in [1.54, 1.807) is 0 Å². The fourth-order valence-corrected chi connectivity index (χ4v) is 7.33. The molecule has 0 aliphatic carbocycles. The van der Waals surface area contributed by atoms with Crippen molar-refractivity contribution in [3.63, 3.8) is 0 Å². The van der Waals surface area contributed by atoms with Crippen LogP contribution in [0.25, 0.3) is 93.6 Å². The summed E-state index contributed by atoms with van der Waals surface area (Å²) in [5.74, 6) is 0.650. The predicted octanol–water partition coefficient (Wildman–Crippen LogP) is 11.5. The Kier molecular flexibility index (Phi) is 6.15. The van der Waals surface area contributed by atoms with Crippen molar-refractivity contribution in [2.24, 2.45) is 0 Å². The lowest BCUT2D eigenvalue weighted by atomic mass is 10.00. The zero-order valence-corrected chi connectivity index (χ0v) is 26.5. The Hall–Kier alpha value is -6.65. The SMILES string of the molecule is c1ccc(-c2ccc(-c3nc4nc(n3)c3ccccc3c3cc(cc5c6ccccc6n(-c6ccccc6)c35)c3ccccc43)cc2)cc1. The molecule has 3 aromatic heterocycles. The van der Waals surface area contributed by atoms with Crippen molar-refractivity contribution < 1.29 is 0 Å². The highest BCUT2D eigenvalue weighted by Gasteiger charge is 2.17. The first-order chi connectivity index (χ1) is 24.3. The normalized spacial score (nSPS) is 11.7. The van der Waals surface area contributed by atoms with Crippen LogP contribution >= 0.6 is 0 Å². The van der Waals surface area contributed by atoms with E-state index in [1.807, 2.05) is 6.07 Å². The molecule has 49 heavy (non-hydrogen) atoms. The molecule has 7 aromatic carbocycles. The van der Waals surface area contributed by atoms with Gasteiger partial charge in [0.15, 0.2) is 17.1 Å². The minimum Gasteiger partial charge on any atom is -0.309 e. The van der Waals surface area contributed by atoms with Crippen LogP contribution < -0.4 is 0 Å². The van der Waals surface area contributed by atoms with Crippen LogP contribution in [0.1, 0.15) is 0 Å². The molecule has 0 amide bonds. The molecular weight excluding hydrogens is 597 g/mol. The summed E-state index contributed by atoms with van der Waals surface area (Å²) in [7, 11) is 0. The molecule has 0 unspecified atom stereocenters. The highest BCUT2D eigenvalue weighted by atomic mass is 15.0. The molecule has 0 radical (unpaired) electrons.